The Hall–Kier alpha value is -5.23. The van der Waals surface area contributed by atoms with E-state index in [0.717, 1.165) is 28.2 Å². The molecule has 1 aliphatic rings. The van der Waals surface area contributed by atoms with Crippen LogP contribution in [0.5, 0.6) is 11.5 Å². The Morgan fingerprint density at radius 3 is 1.69 bits per heavy atom. The number of fused-ring (bicyclic) bond motifs is 1. The molecule has 4 aromatic carbocycles. The highest BCUT2D eigenvalue weighted by Gasteiger charge is 2.55. The summed E-state index contributed by atoms with van der Waals surface area (Å²) in [5, 5.41) is 2.67. The summed E-state index contributed by atoms with van der Waals surface area (Å²) >= 11 is 0. The number of benzene rings is 4. The monoisotopic (exact) mass is 901 g/mol. The number of nitrogens with zero attached hydrogens (tertiary/aromatic N) is 4. The van der Waals surface area contributed by atoms with Gasteiger partial charge in [0.25, 0.3) is 5.91 Å². The predicted molar refractivity (Wildman–Crippen MR) is 256 cm³/mol. The van der Waals surface area contributed by atoms with Gasteiger partial charge in [-0.1, -0.05) is 114 Å². The number of rotatable bonds is 15. The molecule has 0 bridgehead atoms. The van der Waals surface area contributed by atoms with Gasteiger partial charge < -0.3 is 33.1 Å². The van der Waals surface area contributed by atoms with Gasteiger partial charge in [0, 0.05) is 5.56 Å². The number of methoxy groups -OCH3 is 2. The van der Waals surface area contributed by atoms with E-state index in [1.807, 2.05) is 89.5 Å². The van der Waals surface area contributed by atoms with Gasteiger partial charge in [0.2, 0.25) is 0 Å². The van der Waals surface area contributed by atoms with Crippen molar-refractivity contribution in [1.82, 2.24) is 19.5 Å². The second kappa shape index (κ2) is 18.3. The smallest absolute Gasteiger partial charge is 0.256 e. The average molecular weight is 902 g/mol. The van der Waals surface area contributed by atoms with Crippen LogP contribution in [0.2, 0.25) is 36.3 Å². The SMILES string of the molecule is COc1ccc(C(OCC2OC(n3cnc4c(NC(=O)c5ccccc5)ncnc43)C(O[Si](C)(C)C(C)(C)C)C2O[Si](C)(C)C(C)(C)C)(c2ccccc2)c2ccc(OC)cc2)cc1. The van der Waals surface area contributed by atoms with Gasteiger partial charge in [-0.15, -0.1) is 0 Å². The number of nitrogens with one attached hydrogen (secondary N) is 1. The number of aromatic nitrogens is 4. The Bertz CT molecular complexity index is 2460. The van der Waals surface area contributed by atoms with Crippen LogP contribution in [-0.4, -0.2) is 81.2 Å². The number of carbonyl (C=O) groups is 1. The van der Waals surface area contributed by atoms with Gasteiger partial charge in [-0.3, -0.25) is 9.36 Å². The number of anilines is 1. The highest BCUT2D eigenvalue weighted by molar-refractivity contribution is 6.74. The summed E-state index contributed by atoms with van der Waals surface area (Å²) in [6.07, 6.45) is 0.568. The molecule has 2 aromatic heterocycles. The molecule has 0 aliphatic carbocycles. The zero-order valence-electron chi connectivity index (χ0n) is 39.2. The van der Waals surface area contributed by atoms with Crippen LogP contribution in [0.1, 0.15) is 74.8 Å². The quantitative estimate of drug-likeness (QED) is 0.0786. The van der Waals surface area contributed by atoms with Gasteiger partial charge >= 0.3 is 0 Å². The first kappa shape index (κ1) is 46.8. The number of carbonyl (C=O) groups excluding carboxylic acids is 1. The molecule has 0 saturated carbocycles. The highest BCUT2D eigenvalue weighted by atomic mass is 28.4. The standard InChI is InChI=1S/C50H63N5O7Si2/c1-48(2,3)63(9,10)61-42-40(31-59-50(35-21-17-14-18-22-35,36-23-27-38(57-7)28-24-36)37-25-29-39(58-8)30-26-37)60-47(43(42)62-64(11,12)49(4,5)6)55-33-53-41-44(51-32-52-45(41)55)54-46(56)34-19-15-13-16-20-34/h13-30,32-33,40,42-43,47H,31H2,1-12H3,(H,51,52,54,56). The first-order chi connectivity index (χ1) is 30.3. The molecule has 6 aromatic rings. The molecule has 7 rings (SSSR count). The average Bonchev–Trinajstić information content (AvgIpc) is 3.85. The lowest BCUT2D eigenvalue weighted by molar-refractivity contribution is -0.0928. The van der Waals surface area contributed by atoms with Crippen molar-refractivity contribution >= 4 is 39.5 Å². The summed E-state index contributed by atoms with van der Waals surface area (Å²) in [7, 11) is -1.72. The van der Waals surface area contributed by atoms with Crippen LogP contribution in [0.3, 0.4) is 0 Å². The van der Waals surface area contributed by atoms with E-state index in [1.54, 1.807) is 32.7 Å². The summed E-state index contributed by atoms with van der Waals surface area (Å²) in [4.78, 5) is 27.4. The fourth-order valence-electron chi connectivity index (χ4n) is 7.55. The molecule has 1 saturated heterocycles. The number of amides is 1. The Balaban J connectivity index is 1.38. The second-order valence-corrected chi connectivity index (χ2v) is 28.9. The van der Waals surface area contributed by atoms with Crippen molar-refractivity contribution < 1.29 is 32.6 Å². The lowest BCUT2D eigenvalue weighted by atomic mass is 9.80. The van der Waals surface area contributed by atoms with E-state index >= 15 is 0 Å². The Morgan fingerprint density at radius 2 is 1.17 bits per heavy atom. The molecule has 0 radical (unpaired) electrons. The van der Waals surface area contributed by atoms with Crippen molar-refractivity contribution in [2.75, 3.05) is 26.1 Å². The molecule has 4 atom stereocenters. The summed E-state index contributed by atoms with van der Waals surface area (Å²) in [5.74, 6) is 1.45. The Labute approximate surface area is 379 Å². The fourth-order valence-corrected chi connectivity index (χ4v) is 10.2. The van der Waals surface area contributed by atoms with Crippen molar-refractivity contribution in [1.29, 1.82) is 0 Å². The first-order valence-electron chi connectivity index (χ1n) is 21.8. The maximum atomic E-state index is 13.4. The Kier molecular flexibility index (Phi) is 13.4. The van der Waals surface area contributed by atoms with Crippen LogP contribution >= 0.6 is 0 Å². The Morgan fingerprint density at radius 1 is 0.672 bits per heavy atom. The van der Waals surface area contributed by atoms with E-state index in [1.165, 1.54) is 6.33 Å². The molecule has 1 fully saturated rings. The van der Waals surface area contributed by atoms with Crippen molar-refractivity contribution in [3.8, 4) is 11.5 Å². The number of ether oxygens (including phenoxy) is 4. The molecule has 3 heterocycles. The van der Waals surface area contributed by atoms with Crippen molar-refractivity contribution in [2.24, 2.45) is 0 Å². The molecule has 1 amide bonds. The van der Waals surface area contributed by atoms with Crippen molar-refractivity contribution in [2.45, 2.75) is 108 Å². The molecule has 64 heavy (non-hydrogen) atoms. The minimum absolute atomic E-state index is 0.111. The molecule has 1 N–H and O–H groups in total. The first-order valence-corrected chi connectivity index (χ1v) is 27.6. The van der Waals surface area contributed by atoms with E-state index in [0.29, 0.717) is 16.7 Å². The summed E-state index contributed by atoms with van der Waals surface area (Å²) in [5.41, 5.74) is 3.02. The van der Waals surface area contributed by atoms with Gasteiger partial charge in [-0.2, -0.15) is 0 Å². The molecular weight excluding hydrogens is 839 g/mol. The third kappa shape index (κ3) is 9.30. The van der Waals surface area contributed by atoms with Crippen molar-refractivity contribution in [3.63, 3.8) is 0 Å². The minimum Gasteiger partial charge on any atom is -0.497 e. The largest absolute Gasteiger partial charge is 0.497 e. The van der Waals surface area contributed by atoms with Gasteiger partial charge in [-0.25, -0.2) is 15.0 Å². The van der Waals surface area contributed by atoms with E-state index in [2.05, 4.69) is 90.2 Å². The summed E-state index contributed by atoms with van der Waals surface area (Å²) in [6, 6.07) is 35.3. The second-order valence-electron chi connectivity index (χ2n) is 19.4. The van der Waals surface area contributed by atoms with Crippen LogP contribution < -0.4 is 14.8 Å². The van der Waals surface area contributed by atoms with Crippen LogP contribution in [0.15, 0.2) is 122 Å². The molecular formula is C50H63N5O7Si2. The maximum absolute atomic E-state index is 13.4. The van der Waals surface area contributed by atoms with E-state index in [9.17, 15) is 4.79 Å². The zero-order valence-corrected chi connectivity index (χ0v) is 41.2. The van der Waals surface area contributed by atoms with Crippen LogP contribution in [-0.2, 0) is 23.9 Å². The van der Waals surface area contributed by atoms with Gasteiger partial charge in [0.1, 0.15) is 41.7 Å². The molecule has 4 unspecified atom stereocenters. The number of imidazole rings is 1. The molecule has 0 spiro atoms. The lowest BCUT2D eigenvalue weighted by Crippen LogP contribution is -2.54. The van der Waals surface area contributed by atoms with Crippen LogP contribution in [0, 0.1) is 0 Å². The van der Waals surface area contributed by atoms with Crippen LogP contribution in [0.25, 0.3) is 11.2 Å². The van der Waals surface area contributed by atoms with Gasteiger partial charge in [0.15, 0.2) is 39.8 Å². The lowest BCUT2D eigenvalue weighted by Gasteiger charge is -2.44. The van der Waals surface area contributed by atoms with E-state index in [-0.39, 0.29) is 28.4 Å². The molecule has 12 nitrogen and oxygen atoms in total. The third-order valence-electron chi connectivity index (χ3n) is 13.3. The molecule has 1 aliphatic heterocycles. The minimum atomic E-state index is -2.52. The van der Waals surface area contributed by atoms with Crippen LogP contribution in [0.4, 0.5) is 5.82 Å². The predicted octanol–water partition coefficient (Wildman–Crippen LogP) is 10.8. The maximum Gasteiger partial charge on any atom is 0.256 e. The van der Waals surface area contributed by atoms with Crippen molar-refractivity contribution in [3.05, 3.63) is 144 Å². The molecule has 14 heteroatoms. The summed E-state index contributed by atoms with van der Waals surface area (Å²) in [6.45, 7) is 22.5. The number of hydrogen-bond acceptors (Lipinski definition) is 10. The summed E-state index contributed by atoms with van der Waals surface area (Å²) < 4.78 is 43.0. The van der Waals surface area contributed by atoms with E-state index < -0.39 is 46.8 Å². The zero-order chi connectivity index (χ0) is 46.1. The van der Waals surface area contributed by atoms with Gasteiger partial charge in [-0.05, 0) is 89.4 Å². The number of hydrogen-bond donors (Lipinski definition) is 1. The molecule has 338 valence electrons. The normalized spacial score (nSPS) is 18.6. The van der Waals surface area contributed by atoms with E-state index in [4.69, 9.17) is 37.8 Å². The van der Waals surface area contributed by atoms with Gasteiger partial charge in [0.05, 0.1) is 27.2 Å². The fraction of sp³-hybridized carbons (Fsp3) is 0.400. The topological polar surface area (TPSA) is 128 Å². The third-order valence-corrected chi connectivity index (χ3v) is 22.2. The highest BCUT2D eigenvalue weighted by Crippen LogP contribution is 2.48.